The maximum atomic E-state index is 14.2. The Morgan fingerprint density at radius 1 is 1.14 bits per heavy atom. The zero-order chi connectivity index (χ0) is 25.4. The number of carbonyl (C=O) groups excluding carboxylic acids is 1. The first kappa shape index (κ1) is 24.6. The molecule has 184 valence electrons. The van der Waals surface area contributed by atoms with Crippen LogP contribution >= 0.6 is 0 Å². The summed E-state index contributed by atoms with van der Waals surface area (Å²) in [5, 5.41) is 14.4. The minimum absolute atomic E-state index is 0.0236. The van der Waals surface area contributed by atoms with Gasteiger partial charge in [-0.3, -0.25) is 9.78 Å². The third-order valence-corrected chi connectivity index (χ3v) is 6.73. The molecule has 2 aromatic heterocycles. The van der Waals surface area contributed by atoms with Crippen molar-refractivity contribution in [1.29, 1.82) is 0 Å². The maximum Gasteiger partial charge on any atom is 0.329 e. The number of hydrogen-bond acceptors (Lipinski definition) is 6. The minimum Gasteiger partial charge on any atom is -0.479 e. The average molecular weight is 477 g/mol. The van der Waals surface area contributed by atoms with Crippen molar-refractivity contribution < 1.29 is 19.2 Å². The van der Waals surface area contributed by atoms with Crippen molar-refractivity contribution >= 4 is 11.9 Å². The standard InChI is InChI=1S/C27H32N4O4/c1-17(2)14-27(25(33)34)15-20(23-29-16-30-35-23)22(21-8-6-7-13-28-21)31(27)24(32)18-9-11-19(12-10-18)26(3,4)5/h6-13,16-17,20,22H,14-15H2,1-5H3,(H,33,34). The number of amides is 1. The highest BCUT2D eigenvalue weighted by atomic mass is 16.5. The van der Waals surface area contributed by atoms with Gasteiger partial charge >= 0.3 is 5.97 Å². The van der Waals surface area contributed by atoms with E-state index in [1.54, 1.807) is 24.4 Å². The Morgan fingerprint density at radius 2 is 1.86 bits per heavy atom. The van der Waals surface area contributed by atoms with Crippen molar-refractivity contribution in [2.75, 3.05) is 0 Å². The number of hydrogen-bond donors (Lipinski definition) is 1. The molecule has 1 N–H and O–H groups in total. The lowest BCUT2D eigenvalue weighted by molar-refractivity contribution is -0.150. The fourth-order valence-electron chi connectivity index (χ4n) is 5.18. The predicted molar refractivity (Wildman–Crippen MR) is 130 cm³/mol. The van der Waals surface area contributed by atoms with Gasteiger partial charge in [0.1, 0.15) is 5.54 Å². The molecule has 8 nitrogen and oxygen atoms in total. The van der Waals surface area contributed by atoms with E-state index in [1.165, 1.54) is 11.2 Å². The van der Waals surface area contributed by atoms with Gasteiger partial charge in [-0.15, -0.1) is 0 Å². The molecule has 0 radical (unpaired) electrons. The number of carboxylic acid groups (broad SMARTS) is 1. The quantitative estimate of drug-likeness (QED) is 0.533. The number of aromatic nitrogens is 3. The van der Waals surface area contributed by atoms with E-state index >= 15 is 0 Å². The predicted octanol–water partition coefficient (Wildman–Crippen LogP) is 5.00. The number of pyridine rings is 1. The van der Waals surface area contributed by atoms with Crippen LogP contribution in [0.4, 0.5) is 0 Å². The second-order valence-corrected chi connectivity index (χ2v) is 10.7. The van der Waals surface area contributed by atoms with Gasteiger partial charge in [-0.25, -0.2) is 4.79 Å². The summed E-state index contributed by atoms with van der Waals surface area (Å²) in [5.41, 5.74) is 0.570. The Bertz CT molecular complexity index is 1170. The third-order valence-electron chi connectivity index (χ3n) is 6.73. The summed E-state index contributed by atoms with van der Waals surface area (Å²) < 4.78 is 5.41. The van der Waals surface area contributed by atoms with Gasteiger partial charge in [0.05, 0.1) is 17.7 Å². The number of carboxylic acids is 1. The Balaban J connectivity index is 1.90. The molecular formula is C27H32N4O4. The largest absolute Gasteiger partial charge is 0.479 e. The van der Waals surface area contributed by atoms with Crippen molar-refractivity contribution in [3.8, 4) is 0 Å². The van der Waals surface area contributed by atoms with E-state index in [1.807, 2.05) is 38.1 Å². The van der Waals surface area contributed by atoms with Gasteiger partial charge in [0.2, 0.25) is 5.89 Å². The molecule has 0 saturated carbocycles. The molecule has 0 aliphatic carbocycles. The van der Waals surface area contributed by atoms with Crippen LogP contribution in [-0.4, -0.2) is 42.5 Å². The number of nitrogens with zero attached hydrogens (tertiary/aromatic N) is 4. The van der Waals surface area contributed by atoms with E-state index in [9.17, 15) is 14.7 Å². The molecule has 3 atom stereocenters. The molecule has 3 heterocycles. The summed E-state index contributed by atoms with van der Waals surface area (Å²) in [7, 11) is 0. The average Bonchev–Trinajstić information content (AvgIpc) is 3.45. The molecule has 8 heteroatoms. The van der Waals surface area contributed by atoms with Crippen LogP contribution in [0.25, 0.3) is 0 Å². The Morgan fingerprint density at radius 3 is 2.37 bits per heavy atom. The normalized spacial score (nSPS) is 22.5. The SMILES string of the molecule is CC(C)CC1(C(=O)O)CC(c2ncno2)C(c2ccccn2)N1C(=O)c1ccc(C(C)(C)C)cc1. The highest BCUT2D eigenvalue weighted by Crippen LogP contribution is 2.53. The smallest absolute Gasteiger partial charge is 0.329 e. The summed E-state index contributed by atoms with van der Waals surface area (Å²) in [6, 6.07) is 12.2. The van der Waals surface area contributed by atoms with Crippen LogP contribution in [0.3, 0.4) is 0 Å². The van der Waals surface area contributed by atoms with Crippen molar-refractivity contribution in [1.82, 2.24) is 20.0 Å². The molecule has 4 rings (SSSR count). The van der Waals surface area contributed by atoms with Gasteiger partial charge < -0.3 is 14.5 Å². The summed E-state index contributed by atoms with van der Waals surface area (Å²) in [5.74, 6) is -1.59. The van der Waals surface area contributed by atoms with Crippen LogP contribution < -0.4 is 0 Å². The van der Waals surface area contributed by atoms with Crippen LogP contribution in [0.5, 0.6) is 0 Å². The lowest BCUT2D eigenvalue weighted by Crippen LogP contribution is -2.54. The Kier molecular flexibility index (Phi) is 6.49. The number of rotatable bonds is 6. The van der Waals surface area contributed by atoms with E-state index in [4.69, 9.17) is 4.52 Å². The number of carbonyl (C=O) groups is 2. The van der Waals surface area contributed by atoms with E-state index < -0.39 is 23.5 Å². The second-order valence-electron chi connectivity index (χ2n) is 10.7. The van der Waals surface area contributed by atoms with Crippen LogP contribution in [0, 0.1) is 5.92 Å². The molecular weight excluding hydrogens is 444 g/mol. The van der Waals surface area contributed by atoms with Crippen molar-refractivity contribution in [2.24, 2.45) is 5.92 Å². The van der Waals surface area contributed by atoms with E-state index in [0.717, 1.165) is 5.56 Å². The van der Waals surface area contributed by atoms with Crippen LogP contribution in [0.15, 0.2) is 59.5 Å². The first-order valence-corrected chi connectivity index (χ1v) is 11.9. The maximum absolute atomic E-state index is 14.2. The molecule has 1 aliphatic rings. The Hall–Kier alpha value is -3.55. The fourth-order valence-corrected chi connectivity index (χ4v) is 5.18. The summed E-state index contributed by atoms with van der Waals surface area (Å²) >= 11 is 0. The molecule has 3 unspecified atom stereocenters. The monoisotopic (exact) mass is 476 g/mol. The molecule has 1 fully saturated rings. The molecule has 1 amide bonds. The van der Waals surface area contributed by atoms with Gasteiger partial charge in [0.15, 0.2) is 6.33 Å². The molecule has 35 heavy (non-hydrogen) atoms. The van der Waals surface area contributed by atoms with Crippen molar-refractivity contribution in [3.63, 3.8) is 0 Å². The number of aliphatic carboxylic acids is 1. The number of benzene rings is 1. The van der Waals surface area contributed by atoms with E-state index in [-0.39, 0.29) is 30.1 Å². The topological polar surface area (TPSA) is 109 Å². The highest BCUT2D eigenvalue weighted by Gasteiger charge is 2.60. The molecule has 1 saturated heterocycles. The van der Waals surface area contributed by atoms with E-state index in [2.05, 4.69) is 35.9 Å². The zero-order valence-electron chi connectivity index (χ0n) is 20.8. The fraction of sp³-hybridized carbons (Fsp3) is 0.444. The lowest BCUT2D eigenvalue weighted by Gasteiger charge is -2.39. The van der Waals surface area contributed by atoms with Gasteiger partial charge in [0.25, 0.3) is 5.91 Å². The van der Waals surface area contributed by atoms with Crippen LogP contribution in [-0.2, 0) is 10.2 Å². The van der Waals surface area contributed by atoms with Crippen molar-refractivity contribution in [2.45, 2.75) is 70.4 Å². The number of likely N-dealkylation sites (tertiary alicyclic amines) is 1. The molecule has 3 aromatic rings. The second kappa shape index (κ2) is 9.24. The van der Waals surface area contributed by atoms with Gasteiger partial charge in [-0.2, -0.15) is 4.98 Å². The summed E-state index contributed by atoms with van der Waals surface area (Å²) in [4.78, 5) is 37.5. The first-order valence-electron chi connectivity index (χ1n) is 11.9. The molecule has 0 bridgehead atoms. The lowest BCUT2D eigenvalue weighted by atomic mass is 9.83. The Labute approximate surface area is 205 Å². The van der Waals surface area contributed by atoms with Crippen LogP contribution in [0.1, 0.15) is 86.9 Å². The highest BCUT2D eigenvalue weighted by molar-refractivity contribution is 5.99. The zero-order valence-corrected chi connectivity index (χ0v) is 20.8. The third kappa shape index (κ3) is 4.57. The summed E-state index contributed by atoms with van der Waals surface area (Å²) in [6.45, 7) is 10.2. The van der Waals surface area contributed by atoms with E-state index in [0.29, 0.717) is 17.1 Å². The summed E-state index contributed by atoms with van der Waals surface area (Å²) in [6.07, 6.45) is 3.37. The van der Waals surface area contributed by atoms with Crippen LogP contribution in [0.2, 0.25) is 0 Å². The van der Waals surface area contributed by atoms with Gasteiger partial charge in [-0.05, 0) is 54.0 Å². The van der Waals surface area contributed by atoms with Gasteiger partial charge in [-0.1, -0.05) is 58.0 Å². The minimum atomic E-state index is -1.46. The van der Waals surface area contributed by atoms with Gasteiger partial charge in [0, 0.05) is 11.8 Å². The molecule has 0 spiro atoms. The first-order chi connectivity index (χ1) is 16.5. The molecule has 1 aliphatic heterocycles. The van der Waals surface area contributed by atoms with Crippen molar-refractivity contribution in [3.05, 3.63) is 77.7 Å². The molecule has 1 aromatic carbocycles.